The fourth-order valence-electron chi connectivity index (χ4n) is 1.89. The van der Waals surface area contributed by atoms with Crippen molar-refractivity contribution in [2.24, 2.45) is 0 Å². The first-order chi connectivity index (χ1) is 9.48. The summed E-state index contributed by atoms with van der Waals surface area (Å²) in [5.41, 5.74) is 2.91. The molecule has 0 heterocycles. The van der Waals surface area contributed by atoms with Gasteiger partial charge in [-0.15, -0.1) is 0 Å². The second kappa shape index (κ2) is 7.96. The van der Waals surface area contributed by atoms with Gasteiger partial charge in [-0.05, 0) is 35.2 Å². The van der Waals surface area contributed by atoms with Gasteiger partial charge < -0.3 is 9.29 Å². The van der Waals surface area contributed by atoms with Gasteiger partial charge in [0.1, 0.15) is 5.75 Å². The Morgan fingerprint density at radius 3 is 1.86 bits per heavy atom. The summed E-state index contributed by atoms with van der Waals surface area (Å²) < 4.78 is 36.9. The van der Waals surface area contributed by atoms with Gasteiger partial charge in [-0.2, -0.15) is 0 Å². The van der Waals surface area contributed by atoms with E-state index < -0.39 is 10.1 Å². The van der Waals surface area contributed by atoms with Crippen molar-refractivity contribution >= 4 is 10.1 Å². The van der Waals surface area contributed by atoms with Crippen LogP contribution in [0.15, 0.2) is 48.5 Å². The van der Waals surface area contributed by atoms with Crippen LogP contribution in [0.2, 0.25) is 0 Å². The Hall–Kier alpha value is -0.850. The minimum atomic E-state index is -4.16. The smallest absolute Gasteiger partial charge is 0.748 e. The van der Waals surface area contributed by atoms with E-state index in [1.807, 2.05) is 48.5 Å². The summed E-state index contributed by atoms with van der Waals surface area (Å²) in [6.45, 7) is 0. The number of ether oxygens (including phenoxy) is 1. The quantitative estimate of drug-likeness (QED) is 0.549. The van der Waals surface area contributed by atoms with Gasteiger partial charge in [-0.25, -0.2) is 8.42 Å². The summed E-state index contributed by atoms with van der Waals surface area (Å²) in [7, 11) is -2.54. The Morgan fingerprint density at radius 1 is 0.952 bits per heavy atom. The Balaban J connectivity index is 0.00000220. The zero-order valence-electron chi connectivity index (χ0n) is 12.1. The van der Waals surface area contributed by atoms with Crippen LogP contribution in [-0.2, 0) is 16.5 Å². The number of aryl methyl sites for hydroxylation is 1. The third kappa shape index (κ3) is 5.80. The molecule has 106 valence electrons. The zero-order chi connectivity index (χ0) is 14.6. The second-order valence-corrected chi connectivity index (χ2v) is 5.96. The summed E-state index contributed by atoms with van der Waals surface area (Å²) >= 11 is 0. The van der Waals surface area contributed by atoms with Crippen molar-refractivity contribution in [2.75, 3.05) is 12.9 Å². The average molecular weight is 314 g/mol. The summed E-state index contributed by atoms with van der Waals surface area (Å²) in [6.07, 6.45) is 0.245. The van der Waals surface area contributed by atoms with E-state index in [1.54, 1.807) is 7.11 Å². The molecule has 0 radical (unpaired) electrons. The van der Waals surface area contributed by atoms with Crippen LogP contribution < -0.4 is 34.3 Å². The van der Waals surface area contributed by atoms with Crippen LogP contribution in [0.5, 0.6) is 5.75 Å². The first-order valence-corrected chi connectivity index (χ1v) is 7.72. The second-order valence-electron chi connectivity index (χ2n) is 4.44. The van der Waals surface area contributed by atoms with Crippen LogP contribution in [0.25, 0.3) is 11.1 Å². The van der Waals surface area contributed by atoms with Crippen LogP contribution in [-0.4, -0.2) is 25.8 Å². The van der Waals surface area contributed by atoms with E-state index in [1.165, 1.54) is 0 Å². The van der Waals surface area contributed by atoms with Gasteiger partial charge in [0.05, 0.1) is 17.2 Å². The van der Waals surface area contributed by atoms with Gasteiger partial charge in [0.25, 0.3) is 0 Å². The molecule has 0 aliphatic carbocycles. The molecule has 0 aliphatic rings. The summed E-state index contributed by atoms with van der Waals surface area (Å²) in [4.78, 5) is 0. The number of methoxy groups -OCH3 is 1. The molecule has 2 rings (SSSR count). The normalized spacial score (nSPS) is 10.8. The minimum Gasteiger partial charge on any atom is -0.748 e. The average Bonchev–Trinajstić information content (AvgIpc) is 2.45. The Kier molecular flexibility index (Phi) is 6.90. The molecule has 21 heavy (non-hydrogen) atoms. The minimum absolute atomic E-state index is 0. The summed E-state index contributed by atoms with van der Waals surface area (Å²) in [5, 5.41) is 0. The van der Waals surface area contributed by atoms with E-state index in [0.29, 0.717) is 0 Å². The fraction of sp³-hybridized carbons (Fsp3) is 0.200. The molecule has 0 aliphatic heterocycles. The molecule has 6 heteroatoms. The van der Waals surface area contributed by atoms with Crippen molar-refractivity contribution in [3.05, 3.63) is 54.1 Å². The maximum absolute atomic E-state index is 10.6. The van der Waals surface area contributed by atoms with Gasteiger partial charge in [-0.3, -0.25) is 0 Å². The van der Waals surface area contributed by atoms with Crippen LogP contribution in [0, 0.1) is 0 Å². The molecule has 0 fully saturated rings. The molecule has 0 bridgehead atoms. The molecule has 0 aromatic heterocycles. The summed E-state index contributed by atoms with van der Waals surface area (Å²) in [5.74, 6) is 0.431. The van der Waals surface area contributed by atoms with Crippen molar-refractivity contribution in [3.63, 3.8) is 0 Å². The molecule has 0 saturated heterocycles. The predicted octanol–water partition coefficient (Wildman–Crippen LogP) is -0.546. The monoisotopic (exact) mass is 314 g/mol. The van der Waals surface area contributed by atoms with Crippen molar-refractivity contribution < 1.29 is 47.3 Å². The Labute approximate surface area is 147 Å². The standard InChI is InChI=1S/C15H16O4S.Na/c1-19-15-8-6-14(7-9-15)13-4-2-12(3-5-13)10-11-20(16,17)18;/h2-9H,10-11H2,1H3,(H,16,17,18);/q;+1/p-1. The van der Waals surface area contributed by atoms with Gasteiger partial charge in [-0.1, -0.05) is 36.4 Å². The molecule has 0 spiro atoms. The summed E-state index contributed by atoms with van der Waals surface area (Å²) in [6, 6.07) is 15.2. The maximum atomic E-state index is 10.6. The van der Waals surface area contributed by atoms with Crippen molar-refractivity contribution in [1.82, 2.24) is 0 Å². The molecule has 0 N–H and O–H groups in total. The van der Waals surface area contributed by atoms with E-state index in [9.17, 15) is 13.0 Å². The van der Waals surface area contributed by atoms with Gasteiger partial charge in [0.2, 0.25) is 0 Å². The van der Waals surface area contributed by atoms with E-state index in [2.05, 4.69) is 0 Å². The van der Waals surface area contributed by atoms with Gasteiger partial charge in [0, 0.05) is 5.75 Å². The molecule has 0 unspecified atom stereocenters. The molecule has 0 saturated carbocycles. The van der Waals surface area contributed by atoms with Crippen LogP contribution >= 0.6 is 0 Å². The molecular formula is C15H15NaO4S. The van der Waals surface area contributed by atoms with Crippen LogP contribution in [0.1, 0.15) is 5.56 Å². The maximum Gasteiger partial charge on any atom is 1.00 e. The van der Waals surface area contributed by atoms with Crippen molar-refractivity contribution in [3.8, 4) is 16.9 Å². The van der Waals surface area contributed by atoms with Crippen molar-refractivity contribution in [2.45, 2.75) is 6.42 Å². The SMILES string of the molecule is COc1ccc(-c2ccc(CCS(=O)(=O)[O-])cc2)cc1.[Na+]. The molecular weight excluding hydrogens is 299 g/mol. The van der Waals surface area contributed by atoms with Crippen LogP contribution in [0.3, 0.4) is 0 Å². The third-order valence-corrected chi connectivity index (χ3v) is 3.72. The largest absolute Gasteiger partial charge is 1.00 e. The third-order valence-electron chi connectivity index (χ3n) is 3.02. The van der Waals surface area contributed by atoms with E-state index >= 15 is 0 Å². The number of hydrogen-bond acceptors (Lipinski definition) is 4. The van der Waals surface area contributed by atoms with E-state index in [4.69, 9.17) is 4.74 Å². The van der Waals surface area contributed by atoms with Gasteiger partial charge >= 0.3 is 29.6 Å². The first-order valence-electron chi connectivity index (χ1n) is 6.15. The fourth-order valence-corrected chi connectivity index (χ4v) is 2.38. The molecule has 4 nitrogen and oxygen atoms in total. The van der Waals surface area contributed by atoms with Gasteiger partial charge in [0.15, 0.2) is 0 Å². The van der Waals surface area contributed by atoms with Crippen molar-refractivity contribution in [1.29, 1.82) is 0 Å². The zero-order valence-corrected chi connectivity index (χ0v) is 14.9. The predicted molar refractivity (Wildman–Crippen MR) is 76.7 cm³/mol. The Bertz CT molecular complexity index is 664. The molecule has 0 amide bonds. The number of rotatable bonds is 5. The molecule has 2 aromatic carbocycles. The van der Waals surface area contributed by atoms with Crippen LogP contribution in [0.4, 0.5) is 0 Å². The topological polar surface area (TPSA) is 66.4 Å². The molecule has 2 aromatic rings. The number of benzene rings is 2. The van der Waals surface area contributed by atoms with E-state index in [-0.39, 0.29) is 41.7 Å². The van der Waals surface area contributed by atoms with E-state index in [0.717, 1.165) is 22.4 Å². The Morgan fingerprint density at radius 2 is 1.43 bits per heavy atom. The molecule has 0 atom stereocenters. The first kappa shape index (κ1) is 18.2. The number of hydrogen-bond donors (Lipinski definition) is 0.